The maximum Gasteiger partial charge on any atom is 0.261 e. The van der Waals surface area contributed by atoms with Crippen molar-refractivity contribution < 1.29 is 4.79 Å². The summed E-state index contributed by atoms with van der Waals surface area (Å²) in [6, 6.07) is 7.21. The molecule has 1 aromatic carbocycles. The van der Waals surface area contributed by atoms with Crippen molar-refractivity contribution in [2.75, 3.05) is 22.9 Å². The number of benzene rings is 1. The number of anilines is 2. The van der Waals surface area contributed by atoms with Gasteiger partial charge in [0.05, 0.1) is 11.8 Å². The van der Waals surface area contributed by atoms with Crippen LogP contribution in [0.4, 0.5) is 11.4 Å². The Morgan fingerprint density at radius 2 is 2.17 bits per heavy atom. The summed E-state index contributed by atoms with van der Waals surface area (Å²) in [6.07, 6.45) is 9.18. The number of aromatic nitrogens is 2. The molecule has 1 amide bonds. The van der Waals surface area contributed by atoms with Gasteiger partial charge in [-0.15, -0.1) is 0 Å². The molecule has 24 heavy (non-hydrogen) atoms. The largest absolute Gasteiger partial charge is 0.369 e. The van der Waals surface area contributed by atoms with Crippen LogP contribution in [-0.2, 0) is 6.42 Å². The highest BCUT2D eigenvalue weighted by Crippen LogP contribution is 2.33. The number of carbonyl (C=O) groups excluding carboxylic acids is 1. The number of nitrogens with zero attached hydrogens (tertiary/aromatic N) is 3. The molecule has 3 heterocycles. The third-order valence-corrected chi connectivity index (χ3v) is 5.31. The second-order valence-corrected chi connectivity index (χ2v) is 6.90. The molecule has 4 rings (SSSR count). The van der Waals surface area contributed by atoms with Crippen molar-refractivity contribution in [3.8, 4) is 0 Å². The van der Waals surface area contributed by atoms with Crippen LogP contribution in [0.15, 0.2) is 30.6 Å². The number of nitrogens with one attached hydrogen (secondary N) is 1. The molecule has 5 heteroatoms. The summed E-state index contributed by atoms with van der Waals surface area (Å²) in [4.78, 5) is 17.1. The highest BCUT2D eigenvalue weighted by Gasteiger charge is 2.26. The predicted octanol–water partition coefficient (Wildman–Crippen LogP) is 3.38. The molecule has 1 atom stereocenters. The summed E-state index contributed by atoms with van der Waals surface area (Å²) in [5, 5.41) is 6.62. The number of aryl methyl sites for hydroxylation is 1. The van der Waals surface area contributed by atoms with Crippen LogP contribution in [0.3, 0.4) is 0 Å². The van der Waals surface area contributed by atoms with Gasteiger partial charge in [-0.1, -0.05) is 0 Å². The molecule has 2 aliphatic heterocycles. The molecule has 1 saturated heterocycles. The van der Waals surface area contributed by atoms with E-state index < -0.39 is 0 Å². The lowest BCUT2D eigenvalue weighted by Crippen LogP contribution is -2.38. The van der Waals surface area contributed by atoms with Gasteiger partial charge >= 0.3 is 0 Å². The van der Waals surface area contributed by atoms with Gasteiger partial charge in [-0.25, -0.2) is 0 Å². The van der Waals surface area contributed by atoms with E-state index in [2.05, 4.69) is 40.2 Å². The van der Waals surface area contributed by atoms with E-state index in [0.29, 0.717) is 11.6 Å². The molecule has 1 fully saturated rings. The van der Waals surface area contributed by atoms with Crippen LogP contribution in [0.1, 0.15) is 48.5 Å². The topological polar surface area (TPSA) is 52.2 Å². The SMILES string of the molecule is CC1CCCCN1c1ccc2c(c1)CCCN2C(=O)c1cn[nH]c1. The summed E-state index contributed by atoms with van der Waals surface area (Å²) in [5.74, 6) is 0.0313. The lowest BCUT2D eigenvalue weighted by atomic mass is 9.98. The van der Waals surface area contributed by atoms with Crippen molar-refractivity contribution in [3.63, 3.8) is 0 Å². The molecule has 0 aliphatic carbocycles. The van der Waals surface area contributed by atoms with Crippen LogP contribution in [0.25, 0.3) is 0 Å². The van der Waals surface area contributed by atoms with E-state index in [1.54, 1.807) is 12.4 Å². The third-order valence-electron chi connectivity index (χ3n) is 5.31. The molecule has 2 aromatic rings. The Morgan fingerprint density at radius 1 is 1.25 bits per heavy atom. The molecule has 0 spiro atoms. The number of amides is 1. The highest BCUT2D eigenvalue weighted by atomic mass is 16.2. The first-order chi connectivity index (χ1) is 11.7. The molecular formula is C19H24N4O. The van der Waals surface area contributed by atoms with Gasteiger partial charge < -0.3 is 9.80 Å². The Balaban J connectivity index is 1.63. The Kier molecular flexibility index (Phi) is 4.00. The van der Waals surface area contributed by atoms with Crippen molar-refractivity contribution in [1.29, 1.82) is 0 Å². The Morgan fingerprint density at radius 3 is 2.96 bits per heavy atom. The molecular weight excluding hydrogens is 300 g/mol. The predicted molar refractivity (Wildman–Crippen MR) is 95.7 cm³/mol. The van der Waals surface area contributed by atoms with E-state index >= 15 is 0 Å². The molecule has 0 bridgehead atoms. The van der Waals surface area contributed by atoms with Gasteiger partial charge in [0.1, 0.15) is 0 Å². The first-order valence-corrected chi connectivity index (χ1v) is 8.94. The smallest absolute Gasteiger partial charge is 0.261 e. The lowest BCUT2D eigenvalue weighted by Gasteiger charge is -2.37. The van der Waals surface area contributed by atoms with Crippen LogP contribution in [0.2, 0.25) is 0 Å². The van der Waals surface area contributed by atoms with Crippen molar-refractivity contribution >= 4 is 17.3 Å². The zero-order valence-corrected chi connectivity index (χ0v) is 14.2. The van der Waals surface area contributed by atoms with Crippen LogP contribution >= 0.6 is 0 Å². The van der Waals surface area contributed by atoms with Gasteiger partial charge in [-0.05, 0) is 62.8 Å². The summed E-state index contributed by atoms with van der Waals surface area (Å²) < 4.78 is 0. The molecule has 1 N–H and O–H groups in total. The monoisotopic (exact) mass is 324 g/mol. The van der Waals surface area contributed by atoms with Crippen LogP contribution in [0, 0.1) is 0 Å². The summed E-state index contributed by atoms with van der Waals surface area (Å²) >= 11 is 0. The van der Waals surface area contributed by atoms with Crippen molar-refractivity contribution in [2.24, 2.45) is 0 Å². The highest BCUT2D eigenvalue weighted by molar-refractivity contribution is 6.06. The second kappa shape index (κ2) is 6.30. The molecule has 0 saturated carbocycles. The summed E-state index contributed by atoms with van der Waals surface area (Å²) in [6.45, 7) is 4.22. The fourth-order valence-corrected chi connectivity index (χ4v) is 3.98. The minimum absolute atomic E-state index is 0.0313. The van der Waals surface area contributed by atoms with Gasteiger partial charge in [0, 0.05) is 36.7 Å². The quantitative estimate of drug-likeness (QED) is 0.921. The third kappa shape index (κ3) is 2.68. The molecule has 1 aromatic heterocycles. The van der Waals surface area contributed by atoms with E-state index in [9.17, 15) is 4.79 Å². The Labute approximate surface area is 142 Å². The van der Waals surface area contributed by atoms with Gasteiger partial charge in [-0.2, -0.15) is 5.10 Å². The fraction of sp³-hybridized carbons (Fsp3) is 0.474. The maximum absolute atomic E-state index is 12.7. The Bertz CT molecular complexity index is 725. The molecule has 0 radical (unpaired) electrons. The standard InChI is InChI=1S/C19H24N4O/c1-14-5-2-3-9-22(14)17-7-8-18-15(11-17)6-4-10-23(18)19(24)16-12-20-21-13-16/h7-8,11-14H,2-6,9-10H2,1H3,(H,20,21). The Hall–Kier alpha value is -2.30. The van der Waals surface area contributed by atoms with Crippen molar-refractivity contribution in [2.45, 2.75) is 45.1 Å². The van der Waals surface area contributed by atoms with Crippen LogP contribution in [-0.4, -0.2) is 35.2 Å². The van der Waals surface area contributed by atoms with E-state index in [1.807, 2.05) is 4.90 Å². The summed E-state index contributed by atoms with van der Waals surface area (Å²) in [5.41, 5.74) is 4.27. The first kappa shape index (κ1) is 15.2. The number of carbonyl (C=O) groups is 1. The zero-order valence-electron chi connectivity index (χ0n) is 14.2. The minimum atomic E-state index is 0.0313. The van der Waals surface area contributed by atoms with E-state index in [4.69, 9.17) is 0 Å². The normalized spacial score (nSPS) is 20.8. The minimum Gasteiger partial charge on any atom is -0.369 e. The van der Waals surface area contributed by atoms with E-state index in [-0.39, 0.29) is 5.91 Å². The average Bonchev–Trinajstić information content (AvgIpc) is 3.15. The molecule has 1 unspecified atom stereocenters. The number of hydrogen-bond acceptors (Lipinski definition) is 3. The van der Waals surface area contributed by atoms with Crippen molar-refractivity contribution in [3.05, 3.63) is 41.7 Å². The number of piperidine rings is 1. The molecule has 2 aliphatic rings. The van der Waals surface area contributed by atoms with Gasteiger partial charge in [0.15, 0.2) is 0 Å². The molecule has 126 valence electrons. The maximum atomic E-state index is 12.7. The first-order valence-electron chi connectivity index (χ1n) is 8.94. The van der Waals surface area contributed by atoms with Crippen LogP contribution < -0.4 is 9.80 Å². The van der Waals surface area contributed by atoms with E-state index in [0.717, 1.165) is 31.6 Å². The van der Waals surface area contributed by atoms with Crippen molar-refractivity contribution in [1.82, 2.24) is 10.2 Å². The summed E-state index contributed by atoms with van der Waals surface area (Å²) in [7, 11) is 0. The lowest BCUT2D eigenvalue weighted by molar-refractivity contribution is 0.0985. The fourth-order valence-electron chi connectivity index (χ4n) is 3.98. The van der Waals surface area contributed by atoms with Gasteiger partial charge in [-0.3, -0.25) is 9.89 Å². The number of rotatable bonds is 2. The number of aromatic amines is 1. The number of fused-ring (bicyclic) bond motifs is 1. The van der Waals surface area contributed by atoms with E-state index in [1.165, 1.54) is 30.5 Å². The number of hydrogen-bond donors (Lipinski definition) is 1. The zero-order chi connectivity index (χ0) is 16.5. The van der Waals surface area contributed by atoms with Gasteiger partial charge in [0.25, 0.3) is 5.91 Å². The second-order valence-electron chi connectivity index (χ2n) is 6.90. The average molecular weight is 324 g/mol. The van der Waals surface area contributed by atoms with Crippen LogP contribution in [0.5, 0.6) is 0 Å². The van der Waals surface area contributed by atoms with Gasteiger partial charge in [0.2, 0.25) is 0 Å². The number of H-pyrrole nitrogens is 1. The molecule has 5 nitrogen and oxygen atoms in total.